The van der Waals surface area contributed by atoms with E-state index in [-0.39, 0.29) is 6.17 Å². The van der Waals surface area contributed by atoms with Gasteiger partial charge in [0.05, 0.1) is 6.17 Å². The van der Waals surface area contributed by atoms with Crippen LogP contribution in [0.25, 0.3) is 0 Å². The summed E-state index contributed by atoms with van der Waals surface area (Å²) < 4.78 is 22.2. The van der Waals surface area contributed by atoms with Gasteiger partial charge >= 0.3 is 0 Å². The predicted molar refractivity (Wildman–Crippen MR) is 72.0 cm³/mol. The number of nitrogen functional groups attached to an aromatic ring is 1. The van der Waals surface area contributed by atoms with Gasteiger partial charge in [0.25, 0.3) is 0 Å². The molecule has 0 saturated heterocycles. The van der Waals surface area contributed by atoms with Gasteiger partial charge in [0, 0.05) is 18.4 Å². The second-order valence-electron chi connectivity index (χ2n) is 3.94. The smallest absolute Gasteiger partial charge is 0.233 e. The van der Waals surface area contributed by atoms with Gasteiger partial charge in [0.15, 0.2) is 0 Å². The molecule has 96 valence electrons. The molecule has 0 aliphatic rings. The van der Waals surface area contributed by atoms with E-state index in [0.29, 0.717) is 6.42 Å². The summed E-state index contributed by atoms with van der Waals surface area (Å²) in [4.78, 5) is 1.92. The lowest BCUT2D eigenvalue weighted by molar-refractivity contribution is 0.511. The van der Waals surface area contributed by atoms with Crippen molar-refractivity contribution in [3.8, 4) is 0 Å². The fourth-order valence-corrected chi connectivity index (χ4v) is 2.17. The molecule has 4 N–H and O–H groups in total. The summed E-state index contributed by atoms with van der Waals surface area (Å²) in [7, 11) is 1.87. The molecule has 0 fully saturated rings. The van der Waals surface area contributed by atoms with Crippen LogP contribution in [-0.2, 0) is 11.3 Å². The number of rotatable bonds is 5. The van der Waals surface area contributed by atoms with E-state index in [0.717, 1.165) is 16.9 Å². The molecule has 2 unspecified atom stereocenters. The van der Waals surface area contributed by atoms with Crippen molar-refractivity contribution in [1.82, 2.24) is 4.72 Å². The summed E-state index contributed by atoms with van der Waals surface area (Å²) in [6.45, 7) is 3.89. The van der Waals surface area contributed by atoms with Crippen molar-refractivity contribution in [3.63, 3.8) is 0 Å². The van der Waals surface area contributed by atoms with Gasteiger partial charge in [-0.05, 0) is 37.1 Å². The summed E-state index contributed by atoms with van der Waals surface area (Å²) in [5, 5.41) is 0. The van der Waals surface area contributed by atoms with Crippen LogP contribution in [0.5, 0.6) is 0 Å². The molecule has 0 spiro atoms. The Kier molecular flexibility index (Phi) is 4.92. The Morgan fingerprint density at radius 3 is 2.71 bits per heavy atom. The number of nitrogens with one attached hydrogen (secondary N) is 1. The van der Waals surface area contributed by atoms with Gasteiger partial charge < -0.3 is 10.6 Å². The van der Waals surface area contributed by atoms with Gasteiger partial charge in [-0.15, -0.1) is 0 Å². The van der Waals surface area contributed by atoms with Crippen LogP contribution in [0.15, 0.2) is 18.2 Å². The molecule has 0 aromatic heterocycles. The largest absolute Gasteiger partial charge is 0.399 e. The highest BCUT2D eigenvalue weighted by Crippen LogP contribution is 2.21. The fraction of sp³-hybridized carbons (Fsp3) is 0.455. The number of aryl methyl sites for hydroxylation is 1. The average molecular weight is 257 g/mol. The lowest BCUT2D eigenvalue weighted by Crippen LogP contribution is -2.43. The molecule has 5 nitrogen and oxygen atoms in total. The number of nitrogens with two attached hydrogens (primary N) is 1. The topological polar surface area (TPSA) is 78.6 Å². The van der Waals surface area contributed by atoms with E-state index in [1.54, 1.807) is 0 Å². The lowest BCUT2D eigenvalue weighted by Gasteiger charge is -2.29. The summed E-state index contributed by atoms with van der Waals surface area (Å²) in [6, 6.07) is 5.69. The van der Waals surface area contributed by atoms with Gasteiger partial charge in [-0.1, -0.05) is 6.92 Å². The first kappa shape index (κ1) is 14.0. The highest BCUT2D eigenvalue weighted by atomic mass is 32.2. The van der Waals surface area contributed by atoms with E-state index >= 15 is 0 Å². The third-order valence-electron chi connectivity index (χ3n) is 2.75. The standard InChI is InChI=1S/C11H19N3O2S/c1-4-11(13-17(15)16)14(3)9-5-6-10(12)8(2)7-9/h5-7,11,13H,4,12H2,1-3H3,(H,15,16). The van der Waals surface area contributed by atoms with Crippen LogP contribution in [0.3, 0.4) is 0 Å². The zero-order chi connectivity index (χ0) is 13.0. The molecule has 2 atom stereocenters. The van der Waals surface area contributed by atoms with Crippen LogP contribution in [0, 0.1) is 6.92 Å². The molecule has 17 heavy (non-hydrogen) atoms. The van der Waals surface area contributed by atoms with Gasteiger partial charge in [0.1, 0.15) is 0 Å². The van der Waals surface area contributed by atoms with E-state index in [1.165, 1.54) is 0 Å². The normalized spacial score (nSPS) is 14.4. The quantitative estimate of drug-likeness (QED) is 0.424. The van der Waals surface area contributed by atoms with Crippen LogP contribution in [0.2, 0.25) is 0 Å². The van der Waals surface area contributed by atoms with Crippen molar-refractivity contribution in [2.45, 2.75) is 26.4 Å². The number of hydrogen-bond acceptors (Lipinski definition) is 3. The van der Waals surface area contributed by atoms with Crippen molar-refractivity contribution in [3.05, 3.63) is 23.8 Å². The first-order chi connectivity index (χ1) is 7.95. The third kappa shape index (κ3) is 3.69. The molecule has 0 aliphatic carbocycles. The molecule has 1 aromatic rings. The third-order valence-corrected chi connectivity index (χ3v) is 3.23. The highest BCUT2D eigenvalue weighted by molar-refractivity contribution is 7.77. The Balaban J connectivity index is 2.89. The zero-order valence-corrected chi connectivity index (χ0v) is 11.1. The SMILES string of the molecule is CCC(NS(=O)O)N(C)c1ccc(N)c(C)c1. The Morgan fingerprint density at radius 1 is 1.59 bits per heavy atom. The minimum absolute atomic E-state index is 0.191. The van der Waals surface area contributed by atoms with Crippen LogP contribution in [-0.4, -0.2) is 22.0 Å². The molecule has 0 amide bonds. The maximum atomic E-state index is 10.8. The second kappa shape index (κ2) is 6.00. The molecule has 0 saturated carbocycles. The van der Waals surface area contributed by atoms with E-state index in [4.69, 9.17) is 10.3 Å². The molecule has 1 aromatic carbocycles. The summed E-state index contributed by atoms with van der Waals surface area (Å²) in [5.41, 5.74) is 8.45. The summed E-state index contributed by atoms with van der Waals surface area (Å²) in [5.74, 6) is 0. The van der Waals surface area contributed by atoms with E-state index < -0.39 is 11.3 Å². The predicted octanol–water partition coefficient (Wildman–Crippen LogP) is 1.48. The van der Waals surface area contributed by atoms with Crippen LogP contribution in [0.4, 0.5) is 11.4 Å². The Morgan fingerprint density at radius 2 is 2.24 bits per heavy atom. The number of benzene rings is 1. The monoisotopic (exact) mass is 257 g/mol. The maximum Gasteiger partial charge on any atom is 0.233 e. The van der Waals surface area contributed by atoms with E-state index in [1.807, 2.05) is 44.0 Å². The van der Waals surface area contributed by atoms with E-state index in [2.05, 4.69) is 4.72 Å². The first-order valence-corrected chi connectivity index (χ1v) is 6.52. The van der Waals surface area contributed by atoms with Gasteiger partial charge in [-0.2, -0.15) is 4.72 Å². The molecule has 1 rings (SSSR count). The molecule has 0 radical (unpaired) electrons. The van der Waals surface area contributed by atoms with Crippen LogP contribution >= 0.6 is 0 Å². The maximum absolute atomic E-state index is 10.8. The molecule has 6 heteroatoms. The number of nitrogens with zero attached hydrogens (tertiary/aromatic N) is 1. The zero-order valence-electron chi connectivity index (χ0n) is 10.3. The van der Waals surface area contributed by atoms with Crippen LogP contribution in [0.1, 0.15) is 18.9 Å². The van der Waals surface area contributed by atoms with Crippen molar-refractivity contribution in [1.29, 1.82) is 0 Å². The molecule has 0 bridgehead atoms. The first-order valence-electron chi connectivity index (χ1n) is 5.41. The van der Waals surface area contributed by atoms with Gasteiger partial charge in [-0.25, -0.2) is 4.21 Å². The lowest BCUT2D eigenvalue weighted by atomic mass is 10.1. The highest BCUT2D eigenvalue weighted by Gasteiger charge is 2.15. The summed E-state index contributed by atoms with van der Waals surface area (Å²) >= 11 is -2.02. The average Bonchev–Trinajstić information content (AvgIpc) is 2.28. The fourth-order valence-electron chi connectivity index (χ4n) is 1.61. The Labute approximate surface area is 104 Å². The minimum Gasteiger partial charge on any atom is -0.399 e. The van der Waals surface area contributed by atoms with Gasteiger partial charge in [-0.3, -0.25) is 4.55 Å². The minimum atomic E-state index is -2.02. The second-order valence-corrected chi connectivity index (χ2v) is 4.68. The Hall–Kier alpha value is -1.11. The molecule has 0 heterocycles. The molecular weight excluding hydrogens is 238 g/mol. The van der Waals surface area contributed by atoms with E-state index in [9.17, 15) is 4.21 Å². The van der Waals surface area contributed by atoms with Crippen molar-refractivity contribution >= 4 is 22.6 Å². The summed E-state index contributed by atoms with van der Waals surface area (Å²) in [6.07, 6.45) is 0.524. The number of anilines is 2. The molecule has 0 aliphatic heterocycles. The van der Waals surface area contributed by atoms with Crippen molar-refractivity contribution in [2.24, 2.45) is 0 Å². The van der Waals surface area contributed by atoms with Crippen molar-refractivity contribution < 1.29 is 8.76 Å². The van der Waals surface area contributed by atoms with Crippen LogP contribution < -0.4 is 15.4 Å². The van der Waals surface area contributed by atoms with Gasteiger partial charge in [0.2, 0.25) is 11.3 Å². The Bertz CT molecular complexity index is 412. The molecular formula is C11H19N3O2S. The van der Waals surface area contributed by atoms with Crippen molar-refractivity contribution in [2.75, 3.05) is 17.7 Å². The number of hydrogen-bond donors (Lipinski definition) is 3.